The Morgan fingerprint density at radius 2 is 1.82 bits per heavy atom. The van der Waals surface area contributed by atoms with Crippen LogP contribution in [0.3, 0.4) is 0 Å². The molecule has 1 unspecified atom stereocenters. The van der Waals surface area contributed by atoms with Crippen LogP contribution >= 0.6 is 0 Å². The van der Waals surface area contributed by atoms with E-state index in [4.69, 9.17) is 4.74 Å². The lowest BCUT2D eigenvalue weighted by atomic mass is 10.2. The van der Waals surface area contributed by atoms with Crippen molar-refractivity contribution in [2.24, 2.45) is 7.05 Å². The van der Waals surface area contributed by atoms with Crippen molar-refractivity contribution in [3.8, 4) is 0 Å². The first-order valence-electron chi connectivity index (χ1n) is 9.21. The van der Waals surface area contributed by atoms with E-state index >= 15 is 0 Å². The molecule has 3 rings (SSSR count). The maximum Gasteiger partial charge on any atom is 0.248 e. The van der Waals surface area contributed by atoms with E-state index in [1.54, 1.807) is 15.9 Å². The molecule has 0 aromatic carbocycles. The second-order valence-corrected chi connectivity index (χ2v) is 7.25. The van der Waals surface area contributed by atoms with Crippen molar-refractivity contribution in [2.45, 2.75) is 13.0 Å². The summed E-state index contributed by atoms with van der Waals surface area (Å²) in [6.45, 7) is 3.55. The highest BCUT2D eigenvalue weighted by atomic mass is 16.5. The van der Waals surface area contributed by atoms with Gasteiger partial charge >= 0.3 is 0 Å². The lowest BCUT2D eigenvalue weighted by molar-refractivity contribution is -0.136. The summed E-state index contributed by atoms with van der Waals surface area (Å²) in [7, 11) is 3.43. The van der Waals surface area contributed by atoms with Gasteiger partial charge in [0.05, 0.1) is 6.61 Å². The van der Waals surface area contributed by atoms with Gasteiger partial charge in [-0.15, -0.1) is 0 Å². The Bertz CT molecular complexity index is 821. The first kappa shape index (κ1) is 19.9. The minimum atomic E-state index is -0.686. The van der Waals surface area contributed by atoms with Gasteiger partial charge in [-0.1, -0.05) is 0 Å². The normalized spacial score (nSPS) is 17.4. The van der Waals surface area contributed by atoms with Gasteiger partial charge in [-0.2, -0.15) is 0 Å². The van der Waals surface area contributed by atoms with Crippen molar-refractivity contribution in [3.05, 3.63) is 41.2 Å². The number of methoxy groups -OCH3 is 1. The molecule has 8 nitrogen and oxygen atoms in total. The highest BCUT2D eigenvalue weighted by Gasteiger charge is 2.35. The van der Waals surface area contributed by atoms with Crippen LogP contribution in [0.4, 0.5) is 0 Å². The van der Waals surface area contributed by atoms with Crippen LogP contribution in [-0.4, -0.2) is 78.0 Å². The van der Waals surface area contributed by atoms with E-state index < -0.39 is 6.04 Å². The van der Waals surface area contributed by atoms with Crippen LogP contribution in [0.2, 0.25) is 0 Å². The SMILES string of the molecule is COCC(NC(C)=O)C(=O)N1CC2=C(CN(C(=O)/C=C/c3ccn(C)c3)C2)C1. The smallest absolute Gasteiger partial charge is 0.248 e. The zero-order valence-electron chi connectivity index (χ0n) is 16.5. The van der Waals surface area contributed by atoms with Crippen LogP contribution in [0.1, 0.15) is 12.5 Å². The van der Waals surface area contributed by atoms with Crippen LogP contribution in [0.25, 0.3) is 6.08 Å². The second-order valence-electron chi connectivity index (χ2n) is 7.25. The molecule has 1 aromatic heterocycles. The van der Waals surface area contributed by atoms with Crippen molar-refractivity contribution >= 4 is 23.8 Å². The molecular weight excluding hydrogens is 360 g/mol. The third-order valence-electron chi connectivity index (χ3n) is 4.93. The monoisotopic (exact) mass is 386 g/mol. The van der Waals surface area contributed by atoms with Gasteiger partial charge in [-0.3, -0.25) is 14.4 Å². The number of hydrogen-bond donors (Lipinski definition) is 1. The Kier molecular flexibility index (Phi) is 5.99. The summed E-state index contributed by atoms with van der Waals surface area (Å²) in [6, 6.07) is 1.26. The fourth-order valence-corrected chi connectivity index (χ4v) is 3.60. The predicted molar refractivity (Wildman–Crippen MR) is 104 cm³/mol. The summed E-state index contributed by atoms with van der Waals surface area (Å²) in [5.41, 5.74) is 3.19. The van der Waals surface area contributed by atoms with Crippen molar-refractivity contribution in [2.75, 3.05) is 39.9 Å². The van der Waals surface area contributed by atoms with Crippen LogP contribution < -0.4 is 5.32 Å². The number of amides is 3. The van der Waals surface area contributed by atoms with E-state index in [0.717, 1.165) is 16.7 Å². The standard InChI is InChI=1S/C20H26N4O4/c1-14(25)21-18(13-28-3)20(27)24-11-16-9-23(10-17(16)12-24)19(26)5-4-15-6-7-22(2)8-15/h4-8,18H,9-13H2,1-3H3,(H,21,25)/b5-4+. The molecule has 3 heterocycles. The van der Waals surface area contributed by atoms with E-state index in [9.17, 15) is 14.4 Å². The molecule has 0 saturated carbocycles. The number of ether oxygens (including phenoxy) is 1. The minimum absolute atomic E-state index is 0.0355. The average molecular weight is 386 g/mol. The summed E-state index contributed by atoms with van der Waals surface area (Å²) in [5.74, 6) is -0.461. The third-order valence-corrected chi connectivity index (χ3v) is 4.93. The lowest BCUT2D eigenvalue weighted by Gasteiger charge is -2.26. The molecule has 2 aliphatic heterocycles. The Morgan fingerprint density at radius 3 is 2.36 bits per heavy atom. The molecular formula is C20H26N4O4. The van der Waals surface area contributed by atoms with Crippen molar-refractivity contribution in [1.29, 1.82) is 0 Å². The van der Waals surface area contributed by atoms with E-state index in [2.05, 4.69) is 5.32 Å². The number of nitrogens with zero attached hydrogens (tertiary/aromatic N) is 3. The molecule has 0 saturated heterocycles. The highest BCUT2D eigenvalue weighted by molar-refractivity contribution is 5.93. The number of aromatic nitrogens is 1. The fourth-order valence-electron chi connectivity index (χ4n) is 3.60. The number of nitrogens with one attached hydrogen (secondary N) is 1. The second kappa shape index (κ2) is 8.43. The van der Waals surface area contributed by atoms with Gasteiger partial charge in [0.15, 0.2) is 0 Å². The molecule has 150 valence electrons. The molecule has 0 bridgehead atoms. The quantitative estimate of drug-likeness (QED) is 0.558. The zero-order valence-corrected chi connectivity index (χ0v) is 16.5. The van der Waals surface area contributed by atoms with E-state index in [-0.39, 0.29) is 24.3 Å². The Morgan fingerprint density at radius 1 is 1.18 bits per heavy atom. The summed E-state index contributed by atoms with van der Waals surface area (Å²) in [6.07, 6.45) is 7.27. The van der Waals surface area contributed by atoms with Crippen LogP contribution in [0.15, 0.2) is 35.7 Å². The van der Waals surface area contributed by atoms with E-state index in [0.29, 0.717) is 26.2 Å². The highest BCUT2D eigenvalue weighted by Crippen LogP contribution is 2.26. The molecule has 1 N–H and O–H groups in total. The van der Waals surface area contributed by atoms with E-state index in [1.807, 2.05) is 36.2 Å². The average Bonchev–Trinajstić information content (AvgIpc) is 3.32. The third kappa shape index (κ3) is 4.51. The van der Waals surface area contributed by atoms with Gasteiger partial charge < -0.3 is 24.4 Å². The topological polar surface area (TPSA) is 83.9 Å². The Labute approximate surface area is 164 Å². The van der Waals surface area contributed by atoms with Crippen molar-refractivity contribution in [1.82, 2.24) is 19.7 Å². The van der Waals surface area contributed by atoms with Gasteiger partial charge in [0.2, 0.25) is 17.7 Å². The van der Waals surface area contributed by atoms with Gasteiger partial charge in [0, 0.05) is 65.7 Å². The lowest BCUT2D eigenvalue weighted by Crippen LogP contribution is -2.50. The number of carbonyl (C=O) groups is 3. The maximum absolute atomic E-state index is 12.7. The number of carbonyl (C=O) groups excluding carboxylic acids is 3. The molecule has 1 atom stereocenters. The summed E-state index contributed by atoms with van der Waals surface area (Å²) in [4.78, 5) is 40.0. The molecule has 28 heavy (non-hydrogen) atoms. The van der Waals surface area contributed by atoms with Gasteiger partial charge in [0.25, 0.3) is 0 Å². The van der Waals surface area contributed by atoms with Crippen LogP contribution in [0, 0.1) is 0 Å². The van der Waals surface area contributed by atoms with Gasteiger partial charge in [0.1, 0.15) is 6.04 Å². The summed E-state index contributed by atoms with van der Waals surface area (Å²) < 4.78 is 6.99. The van der Waals surface area contributed by atoms with Crippen LogP contribution in [-0.2, 0) is 26.2 Å². The van der Waals surface area contributed by atoms with Crippen molar-refractivity contribution < 1.29 is 19.1 Å². The first-order valence-corrected chi connectivity index (χ1v) is 9.21. The van der Waals surface area contributed by atoms with Gasteiger partial charge in [-0.25, -0.2) is 0 Å². The molecule has 1 aromatic rings. The molecule has 0 aliphatic carbocycles. The number of hydrogen-bond acceptors (Lipinski definition) is 4. The van der Waals surface area contributed by atoms with E-state index in [1.165, 1.54) is 14.0 Å². The maximum atomic E-state index is 12.7. The van der Waals surface area contributed by atoms with Crippen molar-refractivity contribution in [3.63, 3.8) is 0 Å². The molecule has 3 amide bonds. The largest absolute Gasteiger partial charge is 0.382 e. The minimum Gasteiger partial charge on any atom is -0.382 e. The zero-order chi connectivity index (χ0) is 20.3. The fraction of sp³-hybridized carbons (Fsp3) is 0.450. The molecule has 0 spiro atoms. The summed E-state index contributed by atoms with van der Waals surface area (Å²) >= 11 is 0. The number of rotatable bonds is 6. The number of aryl methyl sites for hydroxylation is 1. The van der Waals surface area contributed by atoms with Gasteiger partial charge in [-0.05, 0) is 28.9 Å². The van der Waals surface area contributed by atoms with Crippen LogP contribution in [0.5, 0.6) is 0 Å². The molecule has 8 heteroatoms. The predicted octanol–water partition coefficient (Wildman–Crippen LogP) is 0.170. The molecule has 2 aliphatic rings. The Hall–Kier alpha value is -2.87. The molecule has 0 radical (unpaired) electrons. The molecule has 0 fully saturated rings. The Balaban J connectivity index is 1.54. The first-order chi connectivity index (χ1) is 13.4. The summed E-state index contributed by atoms with van der Waals surface area (Å²) in [5, 5.41) is 2.64.